The fraction of sp³-hybridized carbons (Fsp3) is 0.526. The quantitative estimate of drug-likeness (QED) is 0.677. The van der Waals surface area contributed by atoms with Gasteiger partial charge in [-0.25, -0.2) is 15.0 Å². The van der Waals surface area contributed by atoms with Crippen molar-refractivity contribution in [1.29, 1.82) is 0 Å². The maximum absolute atomic E-state index is 6.03. The van der Waals surface area contributed by atoms with E-state index in [1.807, 2.05) is 6.92 Å². The van der Waals surface area contributed by atoms with Crippen LogP contribution in [0.15, 0.2) is 16.8 Å². The third-order valence-electron chi connectivity index (χ3n) is 4.59. The Morgan fingerprint density at radius 1 is 1.31 bits per heavy atom. The average molecular weight is 356 g/mol. The number of nitrogens with zero attached hydrogens (tertiary/aromatic N) is 3. The van der Waals surface area contributed by atoms with E-state index in [9.17, 15) is 0 Å². The highest BCUT2D eigenvalue weighted by atomic mass is 16.5. The van der Waals surface area contributed by atoms with Gasteiger partial charge in [-0.15, -0.1) is 0 Å². The van der Waals surface area contributed by atoms with E-state index in [2.05, 4.69) is 35.2 Å². The van der Waals surface area contributed by atoms with Crippen molar-refractivity contribution in [2.45, 2.75) is 45.8 Å². The molecule has 3 aromatic heterocycles. The Balaban J connectivity index is 1.67. The molecule has 0 unspecified atom stereocenters. The predicted octanol–water partition coefficient (Wildman–Crippen LogP) is 3.46. The summed E-state index contributed by atoms with van der Waals surface area (Å²) in [4.78, 5) is 13.5. The van der Waals surface area contributed by atoms with Crippen LogP contribution < -0.4 is 5.32 Å². The molecule has 0 bridgehead atoms. The Labute approximate surface area is 152 Å². The van der Waals surface area contributed by atoms with E-state index in [4.69, 9.17) is 18.9 Å². The molecule has 0 aromatic carbocycles. The third-order valence-corrected chi connectivity index (χ3v) is 4.59. The lowest BCUT2D eigenvalue weighted by atomic mass is 9.95. The Morgan fingerprint density at radius 2 is 2.19 bits per heavy atom. The number of furan rings is 1. The van der Waals surface area contributed by atoms with Crippen molar-refractivity contribution >= 4 is 28.0 Å². The summed E-state index contributed by atoms with van der Waals surface area (Å²) in [5.41, 5.74) is 3.97. The molecule has 1 aliphatic rings. The van der Waals surface area contributed by atoms with Crippen LogP contribution in [0.3, 0.4) is 0 Å². The summed E-state index contributed by atoms with van der Waals surface area (Å²) in [5.74, 6) is 0.694. The van der Waals surface area contributed by atoms with E-state index in [0.29, 0.717) is 23.7 Å². The van der Waals surface area contributed by atoms with Crippen LogP contribution in [-0.4, -0.2) is 40.3 Å². The van der Waals surface area contributed by atoms with Crippen LogP contribution in [-0.2, 0) is 22.5 Å². The summed E-state index contributed by atoms with van der Waals surface area (Å²) in [6.45, 7) is 8.93. The zero-order valence-electron chi connectivity index (χ0n) is 15.5. The Bertz CT molecular complexity index is 935. The summed E-state index contributed by atoms with van der Waals surface area (Å²) in [5, 5.41) is 4.22. The lowest BCUT2D eigenvalue weighted by Crippen LogP contribution is -2.32. The number of fused-ring (bicyclic) bond motifs is 4. The molecule has 0 saturated heterocycles. The molecule has 7 heteroatoms. The predicted molar refractivity (Wildman–Crippen MR) is 99.3 cm³/mol. The van der Waals surface area contributed by atoms with E-state index < -0.39 is 0 Å². The molecule has 3 aromatic rings. The van der Waals surface area contributed by atoms with Gasteiger partial charge in [0.1, 0.15) is 11.8 Å². The lowest BCUT2D eigenvalue weighted by molar-refractivity contribution is -0.0411. The second-order valence-electron chi connectivity index (χ2n) is 7.15. The first-order valence-corrected chi connectivity index (χ1v) is 9.09. The maximum atomic E-state index is 6.03. The molecule has 0 aliphatic carbocycles. The third kappa shape index (κ3) is 3.24. The van der Waals surface area contributed by atoms with Crippen LogP contribution in [0, 0.1) is 0 Å². The molecular formula is C19H24N4O3. The molecular weight excluding hydrogens is 332 g/mol. The van der Waals surface area contributed by atoms with Crippen LogP contribution in [0.4, 0.5) is 5.82 Å². The molecule has 0 radical (unpaired) electrons. The second kappa shape index (κ2) is 6.81. The largest absolute Gasteiger partial charge is 0.432 e. The van der Waals surface area contributed by atoms with Crippen LogP contribution in [0.25, 0.3) is 22.2 Å². The minimum Gasteiger partial charge on any atom is -0.432 e. The van der Waals surface area contributed by atoms with Gasteiger partial charge in [0.05, 0.1) is 23.3 Å². The number of rotatable bonds is 6. The summed E-state index contributed by atoms with van der Waals surface area (Å²) in [7, 11) is 0. The summed E-state index contributed by atoms with van der Waals surface area (Å²) >= 11 is 0. The summed E-state index contributed by atoms with van der Waals surface area (Å²) in [6, 6.07) is 2.09. The first kappa shape index (κ1) is 17.2. The molecule has 0 spiro atoms. The molecule has 0 atom stereocenters. The van der Waals surface area contributed by atoms with Gasteiger partial charge in [-0.1, -0.05) is 0 Å². The maximum Gasteiger partial charge on any atom is 0.229 e. The van der Waals surface area contributed by atoms with E-state index in [0.717, 1.165) is 54.8 Å². The van der Waals surface area contributed by atoms with Gasteiger partial charge in [0, 0.05) is 31.7 Å². The molecule has 1 N–H and O–H groups in total. The minimum atomic E-state index is -0.202. The van der Waals surface area contributed by atoms with Crippen LogP contribution in [0.5, 0.6) is 0 Å². The number of hydrogen-bond donors (Lipinski definition) is 1. The van der Waals surface area contributed by atoms with E-state index in [1.54, 1.807) is 6.33 Å². The van der Waals surface area contributed by atoms with Gasteiger partial charge in [-0.2, -0.15) is 0 Å². The van der Waals surface area contributed by atoms with Crippen molar-refractivity contribution in [1.82, 2.24) is 15.0 Å². The van der Waals surface area contributed by atoms with Gasteiger partial charge in [-0.05, 0) is 33.3 Å². The number of nitrogens with one attached hydrogen (secondary N) is 1. The highest BCUT2D eigenvalue weighted by molar-refractivity contribution is 6.04. The number of anilines is 1. The van der Waals surface area contributed by atoms with Crippen molar-refractivity contribution in [3.8, 4) is 0 Å². The van der Waals surface area contributed by atoms with Gasteiger partial charge < -0.3 is 19.2 Å². The van der Waals surface area contributed by atoms with Crippen molar-refractivity contribution in [2.24, 2.45) is 0 Å². The SMILES string of the molecule is CCOCCCNc1ncnc2c1oc1nc3c(cc12)COC(C)(C)C3. The van der Waals surface area contributed by atoms with Gasteiger partial charge in [0.2, 0.25) is 5.71 Å². The molecule has 0 amide bonds. The number of pyridine rings is 1. The van der Waals surface area contributed by atoms with Crippen LogP contribution in [0.2, 0.25) is 0 Å². The molecule has 0 fully saturated rings. The van der Waals surface area contributed by atoms with Gasteiger partial charge in [-0.3, -0.25) is 0 Å². The first-order chi connectivity index (χ1) is 12.6. The minimum absolute atomic E-state index is 0.202. The van der Waals surface area contributed by atoms with Gasteiger partial charge in [0.25, 0.3) is 0 Å². The molecule has 7 nitrogen and oxygen atoms in total. The van der Waals surface area contributed by atoms with E-state index in [-0.39, 0.29) is 5.60 Å². The zero-order chi connectivity index (χ0) is 18.1. The standard InChI is InChI=1S/C19H24N4O3/c1-4-24-7-5-6-20-17-16-15(21-11-22-17)13-8-12-10-25-19(2,3)9-14(12)23-18(13)26-16/h8,11H,4-7,9-10H2,1-3H3,(H,20,21,22). The fourth-order valence-corrected chi connectivity index (χ4v) is 3.24. The fourth-order valence-electron chi connectivity index (χ4n) is 3.24. The Hall–Kier alpha value is -2.25. The number of aromatic nitrogens is 3. The topological polar surface area (TPSA) is 82.3 Å². The highest BCUT2D eigenvalue weighted by Gasteiger charge is 2.28. The Morgan fingerprint density at radius 3 is 3.04 bits per heavy atom. The average Bonchev–Trinajstić information content (AvgIpc) is 2.97. The smallest absolute Gasteiger partial charge is 0.229 e. The second-order valence-corrected chi connectivity index (χ2v) is 7.15. The van der Waals surface area contributed by atoms with Gasteiger partial charge >= 0.3 is 0 Å². The molecule has 0 saturated carbocycles. The van der Waals surface area contributed by atoms with Crippen LogP contribution in [0.1, 0.15) is 38.4 Å². The number of ether oxygens (including phenoxy) is 2. The number of hydrogen-bond acceptors (Lipinski definition) is 7. The molecule has 4 rings (SSSR count). The summed E-state index contributed by atoms with van der Waals surface area (Å²) in [6.07, 6.45) is 3.23. The van der Waals surface area contributed by atoms with Gasteiger partial charge in [0.15, 0.2) is 11.4 Å². The molecule has 26 heavy (non-hydrogen) atoms. The highest BCUT2D eigenvalue weighted by Crippen LogP contribution is 2.34. The summed E-state index contributed by atoms with van der Waals surface area (Å²) < 4.78 is 17.3. The Kier molecular flexibility index (Phi) is 4.50. The van der Waals surface area contributed by atoms with E-state index >= 15 is 0 Å². The normalized spacial score (nSPS) is 16.1. The van der Waals surface area contributed by atoms with Crippen molar-refractivity contribution in [3.63, 3.8) is 0 Å². The monoisotopic (exact) mass is 356 g/mol. The van der Waals surface area contributed by atoms with Crippen molar-refractivity contribution < 1.29 is 13.9 Å². The van der Waals surface area contributed by atoms with Crippen LogP contribution >= 0.6 is 0 Å². The lowest BCUT2D eigenvalue weighted by Gasteiger charge is -2.30. The molecule has 1 aliphatic heterocycles. The van der Waals surface area contributed by atoms with Crippen molar-refractivity contribution in [3.05, 3.63) is 23.7 Å². The molecule has 4 heterocycles. The zero-order valence-corrected chi connectivity index (χ0v) is 15.5. The van der Waals surface area contributed by atoms with Crippen molar-refractivity contribution in [2.75, 3.05) is 25.1 Å². The first-order valence-electron chi connectivity index (χ1n) is 9.09. The van der Waals surface area contributed by atoms with E-state index in [1.165, 1.54) is 0 Å². The molecule has 138 valence electrons.